The van der Waals surface area contributed by atoms with Gasteiger partial charge in [0.1, 0.15) is 0 Å². The van der Waals surface area contributed by atoms with Gasteiger partial charge >= 0.3 is 0 Å². The molecule has 0 rings (SSSR count). The van der Waals surface area contributed by atoms with Crippen LogP contribution in [-0.4, -0.2) is 24.5 Å². The van der Waals surface area contributed by atoms with Gasteiger partial charge in [-0.1, -0.05) is 34.6 Å². The molecule has 0 saturated heterocycles. The van der Waals surface area contributed by atoms with Crippen molar-refractivity contribution in [1.82, 2.24) is 10.6 Å². The minimum absolute atomic E-state index is 0.102. The summed E-state index contributed by atoms with van der Waals surface area (Å²) in [4.78, 5) is 11.8. The Balaban J connectivity index is 3.95. The minimum Gasteiger partial charge on any atom is -0.355 e. The number of rotatable bonds is 8. The third-order valence-corrected chi connectivity index (χ3v) is 3.12. The fraction of sp³-hybridized carbons (Fsp3) is 0.929. The van der Waals surface area contributed by atoms with Crippen molar-refractivity contribution >= 4 is 5.91 Å². The van der Waals surface area contributed by atoms with Gasteiger partial charge in [-0.05, 0) is 31.6 Å². The largest absolute Gasteiger partial charge is 0.355 e. The zero-order chi connectivity index (χ0) is 13.4. The van der Waals surface area contributed by atoms with Crippen LogP contribution in [0.5, 0.6) is 0 Å². The molecule has 0 aromatic heterocycles. The van der Waals surface area contributed by atoms with Crippen molar-refractivity contribution < 1.29 is 4.79 Å². The van der Waals surface area contributed by atoms with E-state index in [0.29, 0.717) is 17.9 Å². The highest BCUT2D eigenvalue weighted by atomic mass is 16.2. The van der Waals surface area contributed by atoms with Gasteiger partial charge in [0.15, 0.2) is 0 Å². The van der Waals surface area contributed by atoms with E-state index in [-0.39, 0.29) is 11.9 Å². The lowest BCUT2D eigenvalue weighted by atomic mass is 10.0. The van der Waals surface area contributed by atoms with Gasteiger partial charge in [0.2, 0.25) is 5.91 Å². The summed E-state index contributed by atoms with van der Waals surface area (Å²) in [6.45, 7) is 13.6. The maximum atomic E-state index is 11.8. The summed E-state index contributed by atoms with van der Waals surface area (Å²) in [7, 11) is 0. The quantitative estimate of drug-likeness (QED) is 0.687. The van der Waals surface area contributed by atoms with Crippen LogP contribution < -0.4 is 10.6 Å². The second-order valence-electron chi connectivity index (χ2n) is 5.62. The lowest BCUT2D eigenvalue weighted by Gasteiger charge is -2.25. The molecule has 3 nitrogen and oxygen atoms in total. The molecular formula is C14H30N2O. The summed E-state index contributed by atoms with van der Waals surface area (Å²) in [5, 5.41) is 6.37. The first-order valence-electron chi connectivity index (χ1n) is 6.92. The number of amides is 1. The van der Waals surface area contributed by atoms with E-state index in [1.807, 2.05) is 6.92 Å². The first-order chi connectivity index (χ1) is 7.88. The van der Waals surface area contributed by atoms with Crippen molar-refractivity contribution in [2.75, 3.05) is 6.54 Å². The Morgan fingerprint density at radius 1 is 1.12 bits per heavy atom. The third kappa shape index (κ3) is 7.37. The van der Waals surface area contributed by atoms with Crippen LogP contribution in [-0.2, 0) is 4.79 Å². The van der Waals surface area contributed by atoms with E-state index in [2.05, 4.69) is 45.3 Å². The van der Waals surface area contributed by atoms with Crippen LogP contribution in [0.4, 0.5) is 0 Å². The van der Waals surface area contributed by atoms with Crippen molar-refractivity contribution in [3.05, 3.63) is 0 Å². The number of hydrogen-bond donors (Lipinski definition) is 2. The van der Waals surface area contributed by atoms with Gasteiger partial charge in [0.25, 0.3) is 0 Å². The molecule has 0 saturated carbocycles. The zero-order valence-electron chi connectivity index (χ0n) is 12.3. The summed E-state index contributed by atoms with van der Waals surface area (Å²) < 4.78 is 0. The summed E-state index contributed by atoms with van der Waals surface area (Å²) in [6, 6.07) is 0.315. The molecule has 2 unspecified atom stereocenters. The van der Waals surface area contributed by atoms with E-state index < -0.39 is 0 Å². The van der Waals surface area contributed by atoms with E-state index in [4.69, 9.17) is 0 Å². The highest BCUT2D eigenvalue weighted by molar-refractivity contribution is 5.81. The maximum Gasteiger partial charge on any atom is 0.236 e. The molecule has 0 aromatic carbocycles. The highest BCUT2D eigenvalue weighted by Gasteiger charge is 2.18. The minimum atomic E-state index is -0.102. The number of carbonyl (C=O) groups excluding carboxylic acids is 1. The smallest absolute Gasteiger partial charge is 0.236 e. The van der Waals surface area contributed by atoms with Crippen LogP contribution in [0.15, 0.2) is 0 Å². The average Bonchev–Trinajstić information content (AvgIpc) is 2.24. The van der Waals surface area contributed by atoms with E-state index in [1.54, 1.807) is 0 Å². The molecule has 0 fully saturated rings. The van der Waals surface area contributed by atoms with Gasteiger partial charge in [-0.3, -0.25) is 4.79 Å². The molecule has 0 heterocycles. The van der Waals surface area contributed by atoms with Crippen molar-refractivity contribution in [3.8, 4) is 0 Å². The number of hydrogen-bond acceptors (Lipinski definition) is 2. The Kier molecular flexibility index (Phi) is 8.23. The Labute approximate surface area is 107 Å². The second-order valence-corrected chi connectivity index (χ2v) is 5.62. The van der Waals surface area contributed by atoms with E-state index in [9.17, 15) is 4.79 Å². The molecule has 102 valence electrons. The van der Waals surface area contributed by atoms with Crippen molar-refractivity contribution in [2.45, 2.75) is 66.5 Å². The first kappa shape index (κ1) is 16.4. The molecule has 17 heavy (non-hydrogen) atoms. The van der Waals surface area contributed by atoms with Crippen LogP contribution in [0, 0.1) is 11.8 Å². The van der Waals surface area contributed by atoms with Crippen LogP contribution in [0.3, 0.4) is 0 Å². The standard InChI is InChI=1S/C14H30N2O/c1-7-13(11(4)5)16-12(6)14(17)15-9-8-10(2)3/h10-13,16H,7-9H2,1-6H3,(H,15,17). The summed E-state index contributed by atoms with van der Waals surface area (Å²) in [6.07, 6.45) is 2.10. The molecule has 2 N–H and O–H groups in total. The second kappa shape index (κ2) is 8.51. The molecule has 0 aliphatic heterocycles. The Morgan fingerprint density at radius 2 is 1.71 bits per heavy atom. The van der Waals surface area contributed by atoms with Crippen LogP contribution in [0.25, 0.3) is 0 Å². The fourth-order valence-corrected chi connectivity index (χ4v) is 1.82. The molecule has 0 aliphatic rings. The molecule has 0 aromatic rings. The van der Waals surface area contributed by atoms with Crippen molar-refractivity contribution in [2.24, 2.45) is 11.8 Å². The molecular weight excluding hydrogens is 212 g/mol. The Bertz CT molecular complexity index is 214. The first-order valence-corrected chi connectivity index (χ1v) is 6.92. The normalized spacial score (nSPS) is 15.1. The predicted molar refractivity (Wildman–Crippen MR) is 74.0 cm³/mol. The number of carbonyl (C=O) groups is 1. The predicted octanol–water partition coefficient (Wildman–Crippen LogP) is 2.56. The average molecular weight is 242 g/mol. The monoisotopic (exact) mass is 242 g/mol. The van der Waals surface area contributed by atoms with Gasteiger partial charge in [0.05, 0.1) is 6.04 Å². The van der Waals surface area contributed by atoms with E-state index in [1.165, 1.54) is 0 Å². The molecule has 0 spiro atoms. The van der Waals surface area contributed by atoms with Gasteiger partial charge in [-0.25, -0.2) is 0 Å². The van der Waals surface area contributed by atoms with Gasteiger partial charge in [-0.15, -0.1) is 0 Å². The molecule has 0 radical (unpaired) electrons. The maximum absolute atomic E-state index is 11.8. The highest BCUT2D eigenvalue weighted by Crippen LogP contribution is 2.06. The fourth-order valence-electron chi connectivity index (χ4n) is 1.82. The molecule has 0 bridgehead atoms. The lowest BCUT2D eigenvalue weighted by Crippen LogP contribution is -2.48. The molecule has 2 atom stereocenters. The van der Waals surface area contributed by atoms with Gasteiger partial charge in [-0.2, -0.15) is 0 Å². The Morgan fingerprint density at radius 3 is 2.12 bits per heavy atom. The van der Waals surface area contributed by atoms with E-state index >= 15 is 0 Å². The Hall–Kier alpha value is -0.570. The third-order valence-electron chi connectivity index (χ3n) is 3.12. The van der Waals surface area contributed by atoms with Gasteiger partial charge < -0.3 is 10.6 Å². The van der Waals surface area contributed by atoms with Crippen LogP contribution in [0.1, 0.15) is 54.4 Å². The summed E-state index contributed by atoms with van der Waals surface area (Å²) in [5.74, 6) is 1.31. The lowest BCUT2D eigenvalue weighted by molar-refractivity contribution is -0.123. The molecule has 3 heteroatoms. The van der Waals surface area contributed by atoms with Crippen molar-refractivity contribution in [1.29, 1.82) is 0 Å². The number of nitrogens with one attached hydrogen (secondary N) is 2. The molecule has 0 aliphatic carbocycles. The summed E-state index contributed by atoms with van der Waals surface area (Å²) >= 11 is 0. The van der Waals surface area contributed by atoms with Crippen LogP contribution >= 0.6 is 0 Å². The topological polar surface area (TPSA) is 41.1 Å². The van der Waals surface area contributed by atoms with Gasteiger partial charge in [0, 0.05) is 12.6 Å². The van der Waals surface area contributed by atoms with Crippen LogP contribution in [0.2, 0.25) is 0 Å². The van der Waals surface area contributed by atoms with Crippen molar-refractivity contribution in [3.63, 3.8) is 0 Å². The molecule has 1 amide bonds. The summed E-state index contributed by atoms with van der Waals surface area (Å²) in [5.41, 5.74) is 0. The SMILES string of the molecule is CCC(NC(C)C(=O)NCCC(C)C)C(C)C. The van der Waals surface area contributed by atoms with E-state index in [0.717, 1.165) is 19.4 Å². The zero-order valence-corrected chi connectivity index (χ0v) is 12.3.